The Kier molecular flexibility index (Phi) is 3.35. The van der Waals surface area contributed by atoms with Gasteiger partial charge in [-0.25, -0.2) is 0 Å². The first kappa shape index (κ1) is 10.3. The van der Waals surface area contributed by atoms with Crippen LogP contribution in [-0.2, 0) is 6.42 Å². The number of alkyl halides is 1. The largest absolute Gasteiger partial charge is 0.126 e. The molecule has 0 heterocycles. The molecule has 2 rings (SSSR count). The van der Waals surface area contributed by atoms with Gasteiger partial charge in [-0.2, -0.15) is 0 Å². The summed E-state index contributed by atoms with van der Waals surface area (Å²) in [5.41, 5.74) is 1.35. The molecule has 0 aliphatic heterocycles. The summed E-state index contributed by atoms with van der Waals surface area (Å²) < 4.78 is 0. The van der Waals surface area contributed by atoms with E-state index in [2.05, 4.69) is 12.1 Å². The molecule has 0 amide bonds. The molecule has 1 unspecified atom stereocenters. The van der Waals surface area contributed by atoms with Gasteiger partial charge in [-0.3, -0.25) is 0 Å². The summed E-state index contributed by atoms with van der Waals surface area (Å²) in [6.45, 7) is 0. The average molecular weight is 229 g/mol. The summed E-state index contributed by atoms with van der Waals surface area (Å²) in [7, 11) is 0. The number of halogens is 2. The molecule has 1 atom stereocenters. The zero-order valence-corrected chi connectivity index (χ0v) is 9.56. The minimum Gasteiger partial charge on any atom is -0.126 e. The molecule has 0 aromatic heterocycles. The fourth-order valence-corrected chi connectivity index (χ4v) is 2.33. The summed E-state index contributed by atoms with van der Waals surface area (Å²) in [4.78, 5) is 0. The lowest BCUT2D eigenvalue weighted by molar-refractivity contribution is 0.513. The third-order valence-electron chi connectivity index (χ3n) is 2.90. The smallest absolute Gasteiger partial charge is 0.0406 e. The van der Waals surface area contributed by atoms with E-state index in [4.69, 9.17) is 23.2 Å². The Hall–Kier alpha value is -0.200. The minimum atomic E-state index is 0.665. The van der Waals surface area contributed by atoms with Crippen LogP contribution in [0.4, 0.5) is 0 Å². The van der Waals surface area contributed by atoms with E-state index < -0.39 is 0 Å². The Morgan fingerprint density at radius 3 is 2.36 bits per heavy atom. The third-order valence-corrected chi connectivity index (χ3v) is 3.55. The van der Waals surface area contributed by atoms with Crippen LogP contribution in [0.25, 0.3) is 0 Å². The monoisotopic (exact) mass is 228 g/mol. The van der Waals surface area contributed by atoms with Crippen molar-refractivity contribution in [2.24, 2.45) is 11.8 Å². The van der Waals surface area contributed by atoms with E-state index in [-0.39, 0.29) is 0 Å². The molecule has 0 bridgehead atoms. The highest BCUT2D eigenvalue weighted by atomic mass is 35.5. The van der Waals surface area contributed by atoms with Crippen LogP contribution in [0.15, 0.2) is 24.3 Å². The maximum atomic E-state index is 5.96. The van der Waals surface area contributed by atoms with Gasteiger partial charge >= 0.3 is 0 Å². The topological polar surface area (TPSA) is 0 Å². The van der Waals surface area contributed by atoms with Gasteiger partial charge in [0.25, 0.3) is 0 Å². The molecule has 1 aromatic rings. The molecule has 0 saturated heterocycles. The van der Waals surface area contributed by atoms with E-state index in [1.165, 1.54) is 18.4 Å². The van der Waals surface area contributed by atoms with Crippen LogP contribution in [0.2, 0.25) is 5.02 Å². The van der Waals surface area contributed by atoms with Crippen LogP contribution in [0.5, 0.6) is 0 Å². The highest BCUT2D eigenvalue weighted by Gasteiger charge is 2.30. The van der Waals surface area contributed by atoms with E-state index >= 15 is 0 Å². The zero-order chi connectivity index (χ0) is 9.97. The molecule has 1 aliphatic rings. The van der Waals surface area contributed by atoms with Crippen molar-refractivity contribution in [1.29, 1.82) is 0 Å². The lowest BCUT2D eigenvalue weighted by Gasteiger charge is -2.12. The normalized spacial score (nSPS) is 18.1. The zero-order valence-electron chi connectivity index (χ0n) is 8.05. The highest BCUT2D eigenvalue weighted by molar-refractivity contribution is 6.30. The second-order valence-electron chi connectivity index (χ2n) is 4.08. The molecule has 0 radical (unpaired) electrons. The van der Waals surface area contributed by atoms with Gasteiger partial charge in [0.1, 0.15) is 0 Å². The summed E-state index contributed by atoms with van der Waals surface area (Å²) in [6.07, 6.45) is 3.83. The first-order valence-corrected chi connectivity index (χ1v) is 6.01. The Balaban J connectivity index is 1.98. The molecule has 14 heavy (non-hydrogen) atoms. The van der Waals surface area contributed by atoms with E-state index in [1.807, 2.05) is 12.1 Å². The Bertz CT molecular complexity index is 288. The maximum absolute atomic E-state index is 5.96. The third kappa shape index (κ3) is 2.65. The van der Waals surface area contributed by atoms with Crippen molar-refractivity contribution >= 4 is 23.2 Å². The van der Waals surface area contributed by atoms with Crippen LogP contribution in [0.1, 0.15) is 18.4 Å². The number of hydrogen-bond acceptors (Lipinski definition) is 0. The van der Waals surface area contributed by atoms with Gasteiger partial charge in [-0.05, 0) is 48.8 Å². The summed E-state index contributed by atoms with van der Waals surface area (Å²) in [5.74, 6) is 2.33. The van der Waals surface area contributed by atoms with Crippen LogP contribution < -0.4 is 0 Å². The van der Waals surface area contributed by atoms with Crippen LogP contribution >= 0.6 is 23.2 Å². The van der Waals surface area contributed by atoms with Gasteiger partial charge in [-0.1, -0.05) is 23.7 Å². The maximum Gasteiger partial charge on any atom is 0.0406 e. The molecular weight excluding hydrogens is 215 g/mol. The van der Waals surface area contributed by atoms with E-state index in [0.717, 1.165) is 23.2 Å². The molecule has 1 aromatic carbocycles. The number of hydrogen-bond donors (Lipinski definition) is 0. The highest BCUT2D eigenvalue weighted by Crippen LogP contribution is 2.39. The van der Waals surface area contributed by atoms with Gasteiger partial charge in [-0.15, -0.1) is 11.6 Å². The Morgan fingerprint density at radius 2 is 1.86 bits per heavy atom. The van der Waals surface area contributed by atoms with Crippen molar-refractivity contribution in [1.82, 2.24) is 0 Å². The van der Waals surface area contributed by atoms with Crippen LogP contribution in [0.3, 0.4) is 0 Å². The fourth-order valence-electron chi connectivity index (χ4n) is 1.84. The van der Waals surface area contributed by atoms with Gasteiger partial charge in [0.15, 0.2) is 0 Å². The summed E-state index contributed by atoms with van der Waals surface area (Å²) in [6, 6.07) is 8.11. The van der Waals surface area contributed by atoms with Crippen LogP contribution in [-0.4, -0.2) is 5.88 Å². The SMILES string of the molecule is ClCC(Cc1ccc(Cl)cc1)C1CC1. The average Bonchev–Trinajstić information content (AvgIpc) is 3.01. The predicted molar refractivity (Wildman–Crippen MR) is 62.1 cm³/mol. The van der Waals surface area contributed by atoms with Crippen LogP contribution in [0, 0.1) is 11.8 Å². The Morgan fingerprint density at radius 1 is 1.21 bits per heavy atom. The summed E-state index contributed by atoms with van der Waals surface area (Å²) in [5, 5.41) is 0.808. The predicted octanol–water partition coefficient (Wildman–Crippen LogP) is 4.15. The van der Waals surface area contributed by atoms with Crippen molar-refractivity contribution in [2.75, 3.05) is 5.88 Å². The second-order valence-corrected chi connectivity index (χ2v) is 4.83. The standard InChI is InChI=1S/C12H14Cl2/c13-8-11(10-3-4-10)7-9-1-5-12(14)6-2-9/h1-2,5-6,10-11H,3-4,7-8H2. The lowest BCUT2D eigenvalue weighted by atomic mass is 9.97. The lowest BCUT2D eigenvalue weighted by Crippen LogP contribution is -2.08. The molecule has 1 saturated carbocycles. The van der Waals surface area contributed by atoms with Gasteiger partial charge in [0.05, 0.1) is 0 Å². The summed E-state index contributed by atoms with van der Waals surface area (Å²) >= 11 is 11.8. The van der Waals surface area contributed by atoms with E-state index in [0.29, 0.717) is 5.92 Å². The molecule has 2 heteroatoms. The Labute approximate surface area is 95.2 Å². The first-order valence-electron chi connectivity index (χ1n) is 5.10. The molecule has 0 nitrogen and oxygen atoms in total. The van der Waals surface area contributed by atoms with E-state index in [9.17, 15) is 0 Å². The first-order chi connectivity index (χ1) is 6.79. The molecule has 1 aliphatic carbocycles. The molecule has 1 fully saturated rings. The fraction of sp³-hybridized carbons (Fsp3) is 0.500. The quantitative estimate of drug-likeness (QED) is 0.680. The minimum absolute atomic E-state index is 0.665. The number of benzene rings is 1. The number of rotatable bonds is 4. The molecule has 0 N–H and O–H groups in total. The molecule has 76 valence electrons. The van der Waals surface area contributed by atoms with E-state index in [1.54, 1.807) is 0 Å². The van der Waals surface area contributed by atoms with Gasteiger partial charge in [0, 0.05) is 10.9 Å². The molecular formula is C12H14Cl2. The van der Waals surface area contributed by atoms with Crippen molar-refractivity contribution < 1.29 is 0 Å². The van der Waals surface area contributed by atoms with Crippen molar-refractivity contribution in [3.05, 3.63) is 34.9 Å². The van der Waals surface area contributed by atoms with Crippen molar-refractivity contribution in [3.63, 3.8) is 0 Å². The second kappa shape index (κ2) is 4.55. The van der Waals surface area contributed by atoms with Crippen molar-refractivity contribution in [2.45, 2.75) is 19.3 Å². The van der Waals surface area contributed by atoms with Crippen molar-refractivity contribution in [3.8, 4) is 0 Å². The van der Waals surface area contributed by atoms with Gasteiger partial charge < -0.3 is 0 Å². The van der Waals surface area contributed by atoms with Gasteiger partial charge in [0.2, 0.25) is 0 Å². The molecule has 0 spiro atoms.